The van der Waals surface area contributed by atoms with Crippen molar-refractivity contribution in [3.05, 3.63) is 0 Å². The number of sulfonamides is 1. The van der Waals surface area contributed by atoms with Crippen LogP contribution in [0.3, 0.4) is 0 Å². The van der Waals surface area contributed by atoms with E-state index >= 15 is 0 Å². The zero-order valence-electron chi connectivity index (χ0n) is 11.7. The molecule has 0 saturated heterocycles. The Labute approximate surface area is 118 Å². The lowest BCUT2D eigenvalue weighted by Gasteiger charge is -2.18. The fraction of sp³-hybridized carbons (Fsp3) is 0.700. The van der Waals surface area contributed by atoms with Crippen LogP contribution in [0.5, 0.6) is 0 Å². The molecule has 0 aromatic carbocycles. The first-order chi connectivity index (χ1) is 9.35. The Morgan fingerprint density at radius 1 is 1.20 bits per heavy atom. The van der Waals surface area contributed by atoms with E-state index < -0.39 is 10.0 Å². The smallest absolute Gasteiger partial charge is 0.231 e. The first-order valence-corrected chi connectivity index (χ1v) is 8.08. The molecule has 0 radical (unpaired) electrons. The molecule has 114 valence electrons. The molecule has 0 spiro atoms. The Kier molecular flexibility index (Phi) is 5.89. The van der Waals surface area contributed by atoms with Crippen LogP contribution in [0.15, 0.2) is 0 Å². The third-order valence-electron chi connectivity index (χ3n) is 2.58. The van der Waals surface area contributed by atoms with Gasteiger partial charge in [0, 0.05) is 19.6 Å². The van der Waals surface area contributed by atoms with Gasteiger partial charge in [-0.25, -0.2) is 13.6 Å². The lowest BCUT2D eigenvalue weighted by molar-refractivity contribution is 0.595. The quantitative estimate of drug-likeness (QED) is 0.540. The van der Waals surface area contributed by atoms with Crippen molar-refractivity contribution >= 4 is 27.9 Å². The predicted molar refractivity (Wildman–Crippen MR) is 78.9 cm³/mol. The van der Waals surface area contributed by atoms with Crippen molar-refractivity contribution in [2.45, 2.75) is 20.3 Å². The molecule has 10 heteroatoms. The lowest BCUT2D eigenvalue weighted by Crippen LogP contribution is -2.25. The molecule has 0 saturated carbocycles. The molecular weight excluding hydrogens is 282 g/mol. The molecule has 0 amide bonds. The number of hydrogen-bond donors (Lipinski definition) is 3. The molecule has 20 heavy (non-hydrogen) atoms. The summed E-state index contributed by atoms with van der Waals surface area (Å²) < 4.78 is 21.6. The maximum Gasteiger partial charge on any atom is 0.231 e. The molecule has 1 aromatic rings. The van der Waals surface area contributed by atoms with Gasteiger partial charge in [-0.1, -0.05) is 0 Å². The van der Waals surface area contributed by atoms with Crippen molar-refractivity contribution in [3.8, 4) is 0 Å². The summed E-state index contributed by atoms with van der Waals surface area (Å²) >= 11 is 0. The van der Waals surface area contributed by atoms with Crippen molar-refractivity contribution in [2.75, 3.05) is 41.3 Å². The topological polar surface area (TPSA) is 140 Å². The lowest BCUT2D eigenvalue weighted by atomic mass is 10.5. The van der Waals surface area contributed by atoms with Gasteiger partial charge in [0.2, 0.25) is 27.9 Å². The number of rotatable bonds is 8. The molecule has 0 aliphatic heterocycles. The number of primary sulfonamides is 1. The van der Waals surface area contributed by atoms with E-state index in [-0.39, 0.29) is 11.7 Å². The van der Waals surface area contributed by atoms with Crippen molar-refractivity contribution in [1.29, 1.82) is 0 Å². The molecule has 0 atom stereocenters. The third kappa shape index (κ3) is 5.53. The maximum atomic E-state index is 10.8. The van der Waals surface area contributed by atoms with E-state index in [0.717, 1.165) is 13.1 Å². The summed E-state index contributed by atoms with van der Waals surface area (Å²) in [4.78, 5) is 14.2. The fourth-order valence-corrected chi connectivity index (χ4v) is 2.13. The SMILES string of the molecule is CCN(CC)c1nc(N)nc(NCCCS(N)(=O)=O)n1. The van der Waals surface area contributed by atoms with E-state index in [1.54, 1.807) is 0 Å². The van der Waals surface area contributed by atoms with Crippen LogP contribution in [-0.4, -0.2) is 48.8 Å². The second-order valence-electron chi connectivity index (χ2n) is 4.14. The molecule has 0 fully saturated rings. The number of hydrogen-bond acceptors (Lipinski definition) is 8. The summed E-state index contributed by atoms with van der Waals surface area (Å²) in [6, 6.07) is 0. The normalized spacial score (nSPS) is 11.3. The van der Waals surface area contributed by atoms with Gasteiger partial charge in [-0.05, 0) is 20.3 Å². The van der Waals surface area contributed by atoms with E-state index in [1.807, 2.05) is 18.7 Å². The predicted octanol–water partition coefficient (Wildman–Crippen LogP) is -0.609. The summed E-state index contributed by atoms with van der Waals surface area (Å²) in [6.45, 7) is 5.87. The van der Waals surface area contributed by atoms with Crippen LogP contribution in [0.2, 0.25) is 0 Å². The van der Waals surface area contributed by atoms with Gasteiger partial charge in [0.05, 0.1) is 5.75 Å². The standard InChI is InChI=1S/C10H21N7O2S/c1-3-17(4-2)10-15-8(11)14-9(16-10)13-6-5-7-20(12,18)19/h3-7H2,1-2H3,(H2,12,18,19)(H3,11,13,14,15,16). The first-order valence-electron chi connectivity index (χ1n) is 6.36. The van der Waals surface area contributed by atoms with Crippen molar-refractivity contribution in [1.82, 2.24) is 15.0 Å². The monoisotopic (exact) mass is 303 g/mol. The van der Waals surface area contributed by atoms with E-state index in [4.69, 9.17) is 10.9 Å². The largest absolute Gasteiger partial charge is 0.368 e. The summed E-state index contributed by atoms with van der Waals surface area (Å²) in [5, 5.41) is 7.83. The van der Waals surface area contributed by atoms with E-state index in [0.29, 0.717) is 24.9 Å². The highest BCUT2D eigenvalue weighted by Gasteiger charge is 2.09. The van der Waals surface area contributed by atoms with Crippen molar-refractivity contribution < 1.29 is 8.42 Å². The number of nitrogen functional groups attached to an aromatic ring is 1. The Morgan fingerprint density at radius 3 is 2.40 bits per heavy atom. The van der Waals surface area contributed by atoms with Crippen LogP contribution in [-0.2, 0) is 10.0 Å². The average molecular weight is 303 g/mol. The summed E-state index contributed by atoms with van der Waals surface area (Å²) in [6.07, 6.45) is 0.366. The number of nitrogens with two attached hydrogens (primary N) is 2. The van der Waals surface area contributed by atoms with Crippen LogP contribution in [0.1, 0.15) is 20.3 Å². The van der Waals surface area contributed by atoms with Crippen molar-refractivity contribution in [2.24, 2.45) is 5.14 Å². The Bertz CT molecular complexity index is 530. The second kappa shape index (κ2) is 7.20. The maximum absolute atomic E-state index is 10.8. The minimum atomic E-state index is -3.44. The molecule has 0 unspecified atom stereocenters. The van der Waals surface area contributed by atoms with Gasteiger partial charge in [0.1, 0.15) is 0 Å². The Hall–Kier alpha value is -1.68. The number of anilines is 3. The summed E-state index contributed by atoms with van der Waals surface area (Å²) in [5.41, 5.74) is 5.64. The number of nitrogens with zero attached hydrogens (tertiary/aromatic N) is 4. The molecule has 9 nitrogen and oxygen atoms in total. The van der Waals surface area contributed by atoms with Crippen LogP contribution in [0.25, 0.3) is 0 Å². The molecular formula is C10H21N7O2S. The van der Waals surface area contributed by atoms with Crippen LogP contribution in [0, 0.1) is 0 Å². The van der Waals surface area contributed by atoms with Gasteiger partial charge in [0.15, 0.2) is 0 Å². The minimum absolute atomic E-state index is 0.0938. The zero-order valence-corrected chi connectivity index (χ0v) is 12.5. The molecule has 0 bridgehead atoms. The highest BCUT2D eigenvalue weighted by Crippen LogP contribution is 2.11. The Balaban J connectivity index is 2.66. The zero-order chi connectivity index (χ0) is 15.2. The molecule has 1 heterocycles. The second-order valence-corrected chi connectivity index (χ2v) is 5.87. The van der Waals surface area contributed by atoms with Gasteiger partial charge in [-0.2, -0.15) is 15.0 Å². The van der Waals surface area contributed by atoms with Gasteiger partial charge >= 0.3 is 0 Å². The van der Waals surface area contributed by atoms with Gasteiger partial charge in [0.25, 0.3) is 0 Å². The molecule has 1 aromatic heterocycles. The van der Waals surface area contributed by atoms with Gasteiger partial charge in [-0.15, -0.1) is 0 Å². The highest BCUT2D eigenvalue weighted by atomic mass is 32.2. The fourth-order valence-electron chi connectivity index (χ4n) is 1.58. The molecule has 5 N–H and O–H groups in total. The van der Waals surface area contributed by atoms with Crippen LogP contribution >= 0.6 is 0 Å². The van der Waals surface area contributed by atoms with Gasteiger partial charge in [-0.3, -0.25) is 0 Å². The minimum Gasteiger partial charge on any atom is -0.368 e. The number of aromatic nitrogens is 3. The Morgan fingerprint density at radius 2 is 1.85 bits per heavy atom. The molecule has 1 rings (SSSR count). The van der Waals surface area contributed by atoms with Crippen LogP contribution in [0.4, 0.5) is 17.8 Å². The first kappa shape index (κ1) is 16.4. The number of nitrogens with one attached hydrogen (secondary N) is 1. The summed E-state index contributed by atoms with van der Waals surface area (Å²) in [5.74, 6) is 0.852. The summed E-state index contributed by atoms with van der Waals surface area (Å²) in [7, 11) is -3.44. The van der Waals surface area contributed by atoms with Gasteiger partial charge < -0.3 is 16.0 Å². The average Bonchev–Trinajstić information content (AvgIpc) is 2.34. The third-order valence-corrected chi connectivity index (χ3v) is 3.43. The van der Waals surface area contributed by atoms with Crippen molar-refractivity contribution in [3.63, 3.8) is 0 Å². The van der Waals surface area contributed by atoms with E-state index in [1.165, 1.54) is 0 Å². The van der Waals surface area contributed by atoms with E-state index in [2.05, 4.69) is 20.3 Å². The van der Waals surface area contributed by atoms with Crippen LogP contribution < -0.4 is 21.1 Å². The molecule has 0 aliphatic carbocycles. The van der Waals surface area contributed by atoms with E-state index in [9.17, 15) is 8.42 Å². The highest BCUT2D eigenvalue weighted by molar-refractivity contribution is 7.89. The molecule has 0 aliphatic rings.